The molecule has 0 aromatic heterocycles. The van der Waals surface area contributed by atoms with Gasteiger partial charge < -0.3 is 0 Å². The molecule has 3 N–H and O–H groups in total. The number of unbranched alkanes of at least 4 members (excludes halogenated alkanes) is 3. The molecule has 0 aliphatic carbocycles. The predicted octanol–water partition coefficient (Wildman–Crippen LogP) is 2.14. The van der Waals surface area contributed by atoms with E-state index >= 15 is 0 Å². The van der Waals surface area contributed by atoms with Gasteiger partial charge in [0.2, 0.25) is 0 Å². The van der Waals surface area contributed by atoms with Gasteiger partial charge in [0.1, 0.15) is 0 Å². The summed E-state index contributed by atoms with van der Waals surface area (Å²) < 4.78 is 10.9. The Morgan fingerprint density at radius 1 is 0.625 bits per heavy atom. The average molecular weight is 295 g/mol. The van der Waals surface area contributed by atoms with Crippen molar-refractivity contribution < 1.29 is 0 Å². The fourth-order valence-electron chi connectivity index (χ4n) is 1.21. The Hall–Kier alpha value is 0.399. The molecule has 0 unspecified atom stereocenters. The summed E-state index contributed by atoms with van der Waals surface area (Å²) in [6.07, 6.45) is 7.67. The normalized spacial score (nSPS) is 11.2. The van der Waals surface area contributed by atoms with E-state index in [1.807, 2.05) is 0 Å². The Bertz CT molecular complexity index is 110. The zero-order valence-corrected chi connectivity index (χ0v) is 13.0. The number of hydrogen-bond acceptors (Lipinski definition) is 3. The van der Waals surface area contributed by atoms with E-state index in [-0.39, 0.29) is 0 Å². The molecule has 16 heavy (non-hydrogen) atoms. The molecule has 0 saturated carbocycles. The third-order valence-corrected chi connectivity index (χ3v) is 5.43. The van der Waals surface area contributed by atoms with Gasteiger partial charge in [-0.2, -0.15) is 0 Å². The molecule has 0 saturated heterocycles. The molecule has 0 aliphatic heterocycles. The van der Waals surface area contributed by atoms with Crippen molar-refractivity contribution in [2.45, 2.75) is 59.3 Å². The van der Waals surface area contributed by atoms with Gasteiger partial charge >= 0.3 is 106 Å². The molecule has 3 nitrogen and oxygen atoms in total. The van der Waals surface area contributed by atoms with E-state index in [0.717, 1.165) is 19.6 Å². The number of nitrogens with one attached hydrogen (secondary N) is 3. The van der Waals surface area contributed by atoms with Crippen molar-refractivity contribution in [2.75, 3.05) is 19.6 Å². The van der Waals surface area contributed by atoms with Crippen molar-refractivity contribution in [1.29, 1.82) is 0 Å². The van der Waals surface area contributed by atoms with Crippen LogP contribution in [0.5, 0.6) is 0 Å². The van der Waals surface area contributed by atoms with Crippen molar-refractivity contribution in [3.8, 4) is 0 Å². The van der Waals surface area contributed by atoms with Crippen molar-refractivity contribution in [2.24, 2.45) is 0 Å². The van der Waals surface area contributed by atoms with Crippen molar-refractivity contribution >= 4 is 14.6 Å². The molecule has 0 aromatic rings. The molecule has 0 bridgehead atoms. The van der Waals surface area contributed by atoms with Crippen molar-refractivity contribution in [1.82, 2.24) is 13.0 Å². The van der Waals surface area contributed by atoms with E-state index in [2.05, 4.69) is 33.8 Å². The van der Waals surface area contributed by atoms with Crippen LogP contribution in [0, 0.1) is 0 Å². The van der Waals surface area contributed by atoms with Gasteiger partial charge in [-0.3, -0.25) is 0 Å². The van der Waals surface area contributed by atoms with Gasteiger partial charge in [0.05, 0.1) is 0 Å². The minimum atomic E-state index is -0.941. The average Bonchev–Trinajstić information content (AvgIpc) is 2.29. The number of rotatable bonds is 12. The summed E-state index contributed by atoms with van der Waals surface area (Å²) in [6, 6.07) is 0. The maximum absolute atomic E-state index is 3.64. The fourth-order valence-corrected chi connectivity index (χ4v) is 4.04. The first-order chi connectivity index (χ1) is 7.85. The van der Waals surface area contributed by atoms with Crippen LogP contribution in [0.2, 0.25) is 0 Å². The molecule has 4 heteroatoms. The standard InChI is InChI=1S/C12H30N3Se/c1-4-7-10-13-16(14-11-8-5-2)15-12-9-6-3/h13-15H,4-12H2,1-3H3. The second kappa shape index (κ2) is 13.5. The van der Waals surface area contributed by atoms with E-state index in [0.29, 0.717) is 0 Å². The second-order valence-electron chi connectivity index (χ2n) is 4.05. The Labute approximate surface area is 107 Å². The van der Waals surface area contributed by atoms with Gasteiger partial charge in [-0.25, -0.2) is 0 Å². The topological polar surface area (TPSA) is 36.1 Å². The Morgan fingerprint density at radius 2 is 0.938 bits per heavy atom. The summed E-state index contributed by atoms with van der Waals surface area (Å²) in [7, 11) is 0. The van der Waals surface area contributed by atoms with Gasteiger partial charge in [-0.1, -0.05) is 0 Å². The first kappa shape index (κ1) is 16.4. The molecule has 0 aliphatic rings. The van der Waals surface area contributed by atoms with Gasteiger partial charge in [-0.15, -0.1) is 0 Å². The Balaban J connectivity index is 3.58. The SMILES string of the molecule is CCCCN[Se](NCCCC)NCCCC. The van der Waals surface area contributed by atoms with Crippen LogP contribution >= 0.6 is 0 Å². The maximum atomic E-state index is 3.64. The molecular weight excluding hydrogens is 265 g/mol. The quantitative estimate of drug-likeness (QED) is 0.381. The minimum absolute atomic E-state index is 0.941. The molecule has 0 atom stereocenters. The zero-order valence-electron chi connectivity index (χ0n) is 11.3. The van der Waals surface area contributed by atoms with Crippen LogP contribution < -0.4 is 13.0 Å². The molecule has 0 fully saturated rings. The van der Waals surface area contributed by atoms with Crippen molar-refractivity contribution in [3.63, 3.8) is 0 Å². The molecule has 0 heterocycles. The monoisotopic (exact) mass is 296 g/mol. The first-order valence-electron chi connectivity index (χ1n) is 6.79. The van der Waals surface area contributed by atoms with Gasteiger partial charge in [-0.05, 0) is 0 Å². The Kier molecular flexibility index (Phi) is 13.8. The summed E-state index contributed by atoms with van der Waals surface area (Å²) >= 11 is -0.941. The summed E-state index contributed by atoms with van der Waals surface area (Å²) in [5, 5.41) is 0. The van der Waals surface area contributed by atoms with Crippen LogP contribution in [-0.4, -0.2) is 34.2 Å². The molecule has 0 amide bonds. The molecule has 0 spiro atoms. The van der Waals surface area contributed by atoms with Crippen LogP contribution in [0.4, 0.5) is 0 Å². The number of hydrogen-bond donors (Lipinski definition) is 3. The van der Waals surface area contributed by atoms with Crippen molar-refractivity contribution in [3.05, 3.63) is 0 Å². The van der Waals surface area contributed by atoms with Gasteiger partial charge in [0.15, 0.2) is 0 Å². The first-order valence-corrected chi connectivity index (χ1v) is 9.36. The van der Waals surface area contributed by atoms with Gasteiger partial charge in [0, 0.05) is 0 Å². The van der Waals surface area contributed by atoms with E-state index in [4.69, 9.17) is 0 Å². The van der Waals surface area contributed by atoms with Crippen LogP contribution in [0.3, 0.4) is 0 Å². The summed E-state index contributed by atoms with van der Waals surface area (Å²) in [5.41, 5.74) is 0. The summed E-state index contributed by atoms with van der Waals surface area (Å²) in [6.45, 7) is 10.2. The fraction of sp³-hybridized carbons (Fsp3) is 1.00. The van der Waals surface area contributed by atoms with Gasteiger partial charge in [0.25, 0.3) is 0 Å². The van der Waals surface area contributed by atoms with Crippen LogP contribution in [-0.2, 0) is 0 Å². The molecule has 99 valence electrons. The van der Waals surface area contributed by atoms with Crippen LogP contribution in [0.25, 0.3) is 0 Å². The molecule has 0 rings (SSSR count). The van der Waals surface area contributed by atoms with Crippen LogP contribution in [0.1, 0.15) is 59.3 Å². The van der Waals surface area contributed by atoms with Crippen LogP contribution in [0.15, 0.2) is 0 Å². The predicted molar refractivity (Wildman–Crippen MR) is 74.5 cm³/mol. The third kappa shape index (κ3) is 10.9. The summed E-state index contributed by atoms with van der Waals surface area (Å²) in [4.78, 5) is 0. The third-order valence-electron chi connectivity index (χ3n) is 2.33. The second-order valence-corrected chi connectivity index (χ2v) is 7.15. The van der Waals surface area contributed by atoms with E-state index < -0.39 is 14.6 Å². The molecular formula is C12H30N3Se. The summed E-state index contributed by atoms with van der Waals surface area (Å²) in [5.74, 6) is 0. The molecule has 1 radical (unpaired) electrons. The zero-order chi connectivity index (χ0) is 12.1. The molecule has 0 aromatic carbocycles. The Morgan fingerprint density at radius 3 is 1.19 bits per heavy atom. The van der Waals surface area contributed by atoms with E-state index in [9.17, 15) is 0 Å². The van der Waals surface area contributed by atoms with E-state index in [1.54, 1.807) is 0 Å². The van der Waals surface area contributed by atoms with E-state index in [1.165, 1.54) is 38.5 Å².